The zero-order valence-corrected chi connectivity index (χ0v) is 6.97. The molecule has 0 bridgehead atoms. The van der Waals surface area contributed by atoms with E-state index in [1.165, 1.54) is 18.2 Å². The molecule has 2 rings (SSSR count). The van der Waals surface area contributed by atoms with Crippen LogP contribution in [-0.4, -0.2) is 15.5 Å². The number of fused-ring (bicyclic) bond motifs is 1. The maximum atomic E-state index is 9.29. The zero-order chi connectivity index (χ0) is 8.27. The lowest BCUT2D eigenvalue weighted by molar-refractivity contribution is 0.608. The lowest BCUT2D eigenvalue weighted by Gasteiger charge is -2.10. The average molecular weight is 171 g/mol. The number of hydrogen-bond donors (Lipinski definition) is 2. The third kappa shape index (κ3) is 2.03. The number of rotatable bonds is 1. The second-order valence-corrected chi connectivity index (χ2v) is 3.02. The van der Waals surface area contributed by atoms with Crippen molar-refractivity contribution in [3.8, 4) is 11.1 Å². The van der Waals surface area contributed by atoms with Gasteiger partial charge in [0.2, 0.25) is 10.9 Å². The van der Waals surface area contributed by atoms with Crippen molar-refractivity contribution in [3.63, 3.8) is 0 Å². The first-order valence-electron chi connectivity index (χ1n) is 3.16. The van der Waals surface area contributed by atoms with E-state index in [1.807, 2.05) is 4.72 Å². The molecule has 0 saturated carbocycles. The van der Waals surface area contributed by atoms with Crippen LogP contribution < -0.4 is 4.72 Å². The molecule has 2 aliphatic rings. The molecule has 4 heteroatoms. The molecular weight excluding hydrogens is 162 g/mol. The first-order valence-corrected chi connectivity index (χ1v) is 4.34. The molecule has 0 aliphatic heterocycles. The molecule has 0 spiro atoms. The van der Waals surface area contributed by atoms with Gasteiger partial charge in [-0.1, -0.05) is 24.3 Å². The minimum absolute atomic E-state index is 1.35. The van der Waals surface area contributed by atoms with E-state index in [4.69, 9.17) is 0 Å². The second-order valence-electron chi connectivity index (χ2n) is 2.06. The highest BCUT2D eigenvalue weighted by Crippen LogP contribution is 2.29. The molecule has 1 N–H and O–H groups in total. The van der Waals surface area contributed by atoms with Gasteiger partial charge in [-0.2, -0.15) is 0 Å². The number of hydrogen-bond acceptors (Lipinski definition) is 2. The van der Waals surface area contributed by atoms with Crippen molar-refractivity contribution in [3.05, 3.63) is 24.3 Å². The van der Waals surface area contributed by atoms with Crippen LogP contribution in [0.15, 0.2) is 24.3 Å². The minimum Gasteiger partial charge on any atom is -0.221 e. The molecule has 0 atom stereocenters. The van der Waals surface area contributed by atoms with Crippen LogP contribution >= 0.6 is 0 Å². The van der Waals surface area contributed by atoms with Gasteiger partial charge in [0.05, 0.1) is 0 Å². The Hall–Kier alpha value is -0.870. The molecule has 2 aliphatic carbocycles. The van der Waals surface area contributed by atoms with Gasteiger partial charge in [-0.05, 0) is 18.2 Å². The van der Waals surface area contributed by atoms with Crippen LogP contribution in [0.2, 0.25) is 0 Å². The molecular formula is C7H9NO2S. The third-order valence-corrected chi connectivity index (χ3v) is 1.77. The summed E-state index contributed by atoms with van der Waals surface area (Å²) in [5, 5.41) is 0. The molecule has 11 heavy (non-hydrogen) atoms. The van der Waals surface area contributed by atoms with Crippen LogP contribution in [0.4, 0.5) is 0 Å². The molecule has 0 amide bonds. The highest BCUT2D eigenvalue weighted by atomic mass is 32.2. The third-order valence-electron chi connectivity index (χ3n) is 1.40. The van der Waals surface area contributed by atoms with Gasteiger partial charge in [-0.25, -0.2) is 13.1 Å². The van der Waals surface area contributed by atoms with Gasteiger partial charge in [0.15, 0.2) is 0 Å². The van der Waals surface area contributed by atoms with E-state index in [2.05, 4.69) is 24.3 Å². The van der Waals surface area contributed by atoms with Gasteiger partial charge in [-0.15, -0.1) is 0 Å². The summed E-state index contributed by atoms with van der Waals surface area (Å²) >= 11 is 0. The maximum absolute atomic E-state index is 9.29. The van der Waals surface area contributed by atoms with Gasteiger partial charge in [0.25, 0.3) is 0 Å². The van der Waals surface area contributed by atoms with E-state index < -0.39 is 10.9 Å². The highest BCUT2D eigenvalue weighted by molar-refractivity contribution is 7.70. The summed E-state index contributed by atoms with van der Waals surface area (Å²) in [5.74, 6) is 0. The Kier molecular flexibility index (Phi) is 2.62. The Morgan fingerprint density at radius 1 is 1.09 bits per heavy atom. The summed E-state index contributed by atoms with van der Waals surface area (Å²) in [6, 6.07) is 8.48. The van der Waals surface area contributed by atoms with Crippen LogP contribution in [0.25, 0.3) is 11.1 Å². The molecule has 0 unspecified atom stereocenters. The zero-order valence-electron chi connectivity index (χ0n) is 6.07. The fourth-order valence-corrected chi connectivity index (χ4v) is 0.663. The lowest BCUT2D eigenvalue weighted by Crippen LogP contribution is -1.99. The van der Waals surface area contributed by atoms with Gasteiger partial charge >= 0.3 is 0 Å². The SMILES string of the molecule is CN[SH](=O)=O.c1cc2ccc1-2. The van der Waals surface area contributed by atoms with Crippen LogP contribution in [-0.2, 0) is 10.9 Å². The predicted octanol–water partition coefficient (Wildman–Crippen LogP) is 0.399. The van der Waals surface area contributed by atoms with Crippen molar-refractivity contribution in [2.75, 3.05) is 7.05 Å². The minimum atomic E-state index is -2.35. The summed E-state index contributed by atoms with van der Waals surface area (Å²) in [5.41, 5.74) is 2.85. The van der Waals surface area contributed by atoms with E-state index in [0.717, 1.165) is 0 Å². The van der Waals surface area contributed by atoms with E-state index in [9.17, 15) is 8.42 Å². The van der Waals surface area contributed by atoms with E-state index in [-0.39, 0.29) is 0 Å². The van der Waals surface area contributed by atoms with Crippen molar-refractivity contribution < 1.29 is 8.42 Å². The van der Waals surface area contributed by atoms with Crippen molar-refractivity contribution in [1.82, 2.24) is 4.72 Å². The molecule has 3 nitrogen and oxygen atoms in total. The van der Waals surface area contributed by atoms with E-state index in [0.29, 0.717) is 0 Å². The monoisotopic (exact) mass is 171 g/mol. The molecule has 0 aromatic carbocycles. The van der Waals surface area contributed by atoms with Crippen molar-refractivity contribution in [2.45, 2.75) is 0 Å². The van der Waals surface area contributed by atoms with Crippen LogP contribution in [0.3, 0.4) is 0 Å². The second kappa shape index (κ2) is 3.50. The number of thiol groups is 1. The fraction of sp³-hybridized carbons (Fsp3) is 0.143. The molecule has 0 saturated heterocycles. The first kappa shape index (κ1) is 8.23. The summed E-state index contributed by atoms with van der Waals surface area (Å²) < 4.78 is 20.6. The normalized spacial score (nSPS) is 10.4. The summed E-state index contributed by atoms with van der Waals surface area (Å²) in [7, 11) is -0.995. The van der Waals surface area contributed by atoms with E-state index >= 15 is 0 Å². The maximum Gasteiger partial charge on any atom is 0.201 e. The van der Waals surface area contributed by atoms with Crippen molar-refractivity contribution >= 4 is 10.9 Å². The Balaban J connectivity index is 0.000000114. The fourth-order valence-electron chi connectivity index (χ4n) is 0.663. The Bertz CT molecular complexity index is 274. The van der Waals surface area contributed by atoms with Gasteiger partial charge in [-0.3, -0.25) is 0 Å². The standard InChI is InChI=1S/C6H4.CH5NO2S/c1-2-6-4-3-5(1)6;1-2-5(3)4/h1-4H;5H,1H3,(H,2,3,4). The average Bonchev–Trinajstić information content (AvgIpc) is 1.98. The molecule has 0 radical (unpaired) electrons. The quantitative estimate of drug-likeness (QED) is 0.610. The highest BCUT2D eigenvalue weighted by Gasteiger charge is 2.03. The number of nitrogens with one attached hydrogen (secondary N) is 1. The lowest BCUT2D eigenvalue weighted by atomic mass is 9.95. The van der Waals surface area contributed by atoms with Crippen molar-refractivity contribution in [1.29, 1.82) is 0 Å². The van der Waals surface area contributed by atoms with Crippen molar-refractivity contribution in [2.24, 2.45) is 0 Å². The van der Waals surface area contributed by atoms with Gasteiger partial charge in [0.1, 0.15) is 0 Å². The topological polar surface area (TPSA) is 46.2 Å². The summed E-state index contributed by atoms with van der Waals surface area (Å²) in [6.45, 7) is 0. The van der Waals surface area contributed by atoms with Crippen LogP contribution in [0.5, 0.6) is 0 Å². The van der Waals surface area contributed by atoms with Gasteiger partial charge < -0.3 is 0 Å². The van der Waals surface area contributed by atoms with E-state index in [1.54, 1.807) is 0 Å². The predicted molar refractivity (Wildman–Crippen MR) is 44.8 cm³/mol. The first-order chi connectivity index (χ1) is 5.24. The number of benzene rings is 1. The van der Waals surface area contributed by atoms with Gasteiger partial charge in [0, 0.05) is 0 Å². The smallest absolute Gasteiger partial charge is 0.201 e. The molecule has 0 fully saturated rings. The summed E-state index contributed by atoms with van der Waals surface area (Å²) in [6.07, 6.45) is 0. The summed E-state index contributed by atoms with van der Waals surface area (Å²) in [4.78, 5) is 0. The molecule has 0 aromatic heterocycles. The Labute approximate surface area is 67.1 Å². The molecule has 60 valence electrons. The molecule has 0 aromatic rings. The van der Waals surface area contributed by atoms with Crippen LogP contribution in [0.1, 0.15) is 0 Å². The Morgan fingerprint density at radius 2 is 1.36 bits per heavy atom. The Morgan fingerprint density at radius 3 is 1.36 bits per heavy atom. The largest absolute Gasteiger partial charge is 0.221 e. The molecule has 0 heterocycles. The van der Waals surface area contributed by atoms with Crippen LogP contribution in [0, 0.1) is 0 Å².